The van der Waals surface area contributed by atoms with Crippen molar-refractivity contribution in [2.45, 2.75) is 40.0 Å². The molecule has 0 spiro atoms. The molecule has 1 unspecified atom stereocenters. The minimum Gasteiger partial charge on any atom is -0.481 e. The first-order valence-corrected chi connectivity index (χ1v) is 7.44. The van der Waals surface area contributed by atoms with E-state index in [9.17, 15) is 14.7 Å². The van der Waals surface area contributed by atoms with Crippen molar-refractivity contribution in [3.05, 3.63) is 29.8 Å². The second-order valence-electron chi connectivity index (χ2n) is 6.71. The molecule has 2 rings (SSSR count). The van der Waals surface area contributed by atoms with Crippen LogP contribution in [-0.2, 0) is 16.0 Å². The van der Waals surface area contributed by atoms with Gasteiger partial charge in [0.15, 0.2) is 0 Å². The smallest absolute Gasteiger partial charge is 0.316 e. The van der Waals surface area contributed by atoms with E-state index in [0.717, 1.165) is 30.5 Å². The van der Waals surface area contributed by atoms with Crippen molar-refractivity contribution >= 4 is 17.6 Å². The lowest BCUT2D eigenvalue weighted by molar-refractivity contribution is -0.150. The first-order valence-electron chi connectivity index (χ1n) is 7.44. The van der Waals surface area contributed by atoms with Gasteiger partial charge in [-0.3, -0.25) is 9.59 Å². The summed E-state index contributed by atoms with van der Waals surface area (Å²) in [5.74, 6) is -2.37. The Morgan fingerprint density at radius 3 is 2.48 bits per heavy atom. The Bertz CT molecular complexity index is 545. The van der Waals surface area contributed by atoms with Crippen molar-refractivity contribution in [1.82, 2.24) is 0 Å². The highest BCUT2D eigenvalue weighted by Gasteiger charge is 2.41. The molecule has 0 aromatic heterocycles. The van der Waals surface area contributed by atoms with Gasteiger partial charge in [-0.15, -0.1) is 0 Å². The van der Waals surface area contributed by atoms with Gasteiger partial charge in [0.2, 0.25) is 5.91 Å². The number of aryl methyl sites for hydroxylation is 1. The SMILES string of the molecule is CC(C)(C)C(C(=O)O)C(=O)N1CCCCc2ccccc21. The van der Waals surface area contributed by atoms with Crippen LogP contribution in [0.4, 0.5) is 5.69 Å². The summed E-state index contributed by atoms with van der Waals surface area (Å²) in [6.07, 6.45) is 2.86. The summed E-state index contributed by atoms with van der Waals surface area (Å²) in [5.41, 5.74) is 1.39. The van der Waals surface area contributed by atoms with Crippen molar-refractivity contribution in [3.8, 4) is 0 Å². The molecule has 1 N–H and O–H groups in total. The van der Waals surface area contributed by atoms with Gasteiger partial charge in [0, 0.05) is 12.2 Å². The number of carbonyl (C=O) groups excluding carboxylic acids is 1. The van der Waals surface area contributed by atoms with E-state index >= 15 is 0 Å². The van der Waals surface area contributed by atoms with E-state index in [1.165, 1.54) is 0 Å². The Balaban J connectivity index is 2.40. The predicted molar refractivity (Wildman–Crippen MR) is 82.3 cm³/mol. The van der Waals surface area contributed by atoms with Gasteiger partial charge in [0.25, 0.3) is 0 Å². The minimum absolute atomic E-state index is 0.302. The normalized spacial score (nSPS) is 16.8. The second kappa shape index (κ2) is 5.88. The lowest BCUT2D eigenvalue weighted by Crippen LogP contribution is -2.45. The maximum Gasteiger partial charge on any atom is 0.316 e. The molecule has 1 atom stereocenters. The average Bonchev–Trinajstić information content (AvgIpc) is 2.58. The maximum atomic E-state index is 12.8. The molecular weight excluding hydrogens is 266 g/mol. The van der Waals surface area contributed by atoms with Gasteiger partial charge in [0.05, 0.1) is 0 Å². The number of para-hydroxylation sites is 1. The molecule has 1 aliphatic rings. The molecule has 1 amide bonds. The van der Waals surface area contributed by atoms with Gasteiger partial charge in [0.1, 0.15) is 5.92 Å². The molecule has 0 bridgehead atoms. The Morgan fingerprint density at radius 1 is 1.19 bits per heavy atom. The molecule has 1 aliphatic heterocycles. The number of hydrogen-bond donors (Lipinski definition) is 1. The van der Waals surface area contributed by atoms with Gasteiger partial charge in [-0.05, 0) is 36.3 Å². The van der Waals surface area contributed by atoms with Crippen LogP contribution in [0.1, 0.15) is 39.2 Å². The van der Waals surface area contributed by atoms with Crippen LogP contribution >= 0.6 is 0 Å². The van der Waals surface area contributed by atoms with E-state index < -0.39 is 17.3 Å². The van der Waals surface area contributed by atoms with Crippen molar-refractivity contribution in [2.75, 3.05) is 11.4 Å². The van der Waals surface area contributed by atoms with Crippen LogP contribution in [0.5, 0.6) is 0 Å². The molecule has 0 saturated carbocycles. The van der Waals surface area contributed by atoms with Gasteiger partial charge >= 0.3 is 5.97 Å². The number of nitrogens with zero attached hydrogens (tertiary/aromatic N) is 1. The van der Waals surface area contributed by atoms with E-state index in [4.69, 9.17) is 0 Å². The summed E-state index contributed by atoms with van der Waals surface area (Å²) < 4.78 is 0. The Kier molecular flexibility index (Phi) is 4.35. The third-order valence-electron chi connectivity index (χ3n) is 3.99. The molecule has 0 aliphatic carbocycles. The number of anilines is 1. The predicted octanol–water partition coefficient (Wildman–Crippen LogP) is 3.10. The first kappa shape index (κ1) is 15.5. The van der Waals surface area contributed by atoms with Crippen LogP contribution in [-0.4, -0.2) is 23.5 Å². The monoisotopic (exact) mass is 289 g/mol. The van der Waals surface area contributed by atoms with Crippen molar-refractivity contribution in [3.63, 3.8) is 0 Å². The fourth-order valence-electron chi connectivity index (χ4n) is 2.92. The number of carboxylic acid groups (broad SMARTS) is 1. The topological polar surface area (TPSA) is 57.6 Å². The summed E-state index contributed by atoms with van der Waals surface area (Å²) in [5, 5.41) is 9.48. The Hall–Kier alpha value is -1.84. The number of amides is 1. The van der Waals surface area contributed by atoms with Crippen LogP contribution in [0.3, 0.4) is 0 Å². The summed E-state index contributed by atoms with van der Waals surface area (Å²) in [7, 11) is 0. The maximum absolute atomic E-state index is 12.8. The molecule has 4 nitrogen and oxygen atoms in total. The van der Waals surface area contributed by atoms with E-state index in [-0.39, 0.29) is 5.91 Å². The molecule has 1 aromatic carbocycles. The number of aliphatic carboxylic acids is 1. The van der Waals surface area contributed by atoms with E-state index in [1.807, 2.05) is 24.3 Å². The van der Waals surface area contributed by atoms with Crippen molar-refractivity contribution in [1.29, 1.82) is 0 Å². The number of hydrogen-bond acceptors (Lipinski definition) is 2. The molecule has 0 fully saturated rings. The fraction of sp³-hybridized carbons (Fsp3) is 0.529. The van der Waals surface area contributed by atoms with Gasteiger partial charge in [-0.25, -0.2) is 0 Å². The molecule has 1 heterocycles. The average molecular weight is 289 g/mol. The van der Waals surface area contributed by atoms with E-state index in [2.05, 4.69) is 0 Å². The standard InChI is InChI=1S/C17H23NO3/c1-17(2,3)14(16(20)21)15(19)18-11-7-6-9-12-8-4-5-10-13(12)18/h4-5,8,10,14H,6-7,9,11H2,1-3H3,(H,20,21). The lowest BCUT2D eigenvalue weighted by atomic mass is 9.79. The van der Waals surface area contributed by atoms with Gasteiger partial charge in [-0.1, -0.05) is 39.0 Å². The van der Waals surface area contributed by atoms with Crippen LogP contribution in [0, 0.1) is 11.3 Å². The summed E-state index contributed by atoms with van der Waals surface area (Å²) >= 11 is 0. The quantitative estimate of drug-likeness (QED) is 0.851. The second-order valence-corrected chi connectivity index (χ2v) is 6.71. The molecule has 1 aromatic rings. The summed E-state index contributed by atoms with van der Waals surface area (Å²) in [6, 6.07) is 7.80. The zero-order valence-corrected chi connectivity index (χ0v) is 12.9. The van der Waals surface area contributed by atoms with E-state index in [1.54, 1.807) is 25.7 Å². The van der Waals surface area contributed by atoms with Gasteiger partial charge < -0.3 is 10.0 Å². The molecule has 21 heavy (non-hydrogen) atoms. The van der Waals surface area contributed by atoms with Gasteiger partial charge in [-0.2, -0.15) is 0 Å². The van der Waals surface area contributed by atoms with Crippen LogP contribution < -0.4 is 4.90 Å². The number of carboxylic acids is 1. The summed E-state index contributed by atoms with van der Waals surface area (Å²) in [6.45, 7) is 5.99. The molecule has 4 heteroatoms. The number of rotatable bonds is 2. The molecule has 114 valence electrons. The molecule has 0 saturated heterocycles. The Morgan fingerprint density at radius 2 is 1.86 bits per heavy atom. The van der Waals surface area contributed by atoms with Crippen LogP contribution in [0.15, 0.2) is 24.3 Å². The van der Waals surface area contributed by atoms with Crippen LogP contribution in [0.25, 0.3) is 0 Å². The lowest BCUT2D eigenvalue weighted by Gasteiger charge is -2.32. The Labute approximate surface area is 125 Å². The highest BCUT2D eigenvalue weighted by molar-refractivity contribution is 6.06. The van der Waals surface area contributed by atoms with E-state index in [0.29, 0.717) is 6.54 Å². The van der Waals surface area contributed by atoms with Crippen LogP contribution in [0.2, 0.25) is 0 Å². The highest BCUT2D eigenvalue weighted by atomic mass is 16.4. The fourth-order valence-corrected chi connectivity index (χ4v) is 2.92. The third kappa shape index (κ3) is 3.26. The number of carbonyl (C=O) groups is 2. The van der Waals surface area contributed by atoms with Crippen molar-refractivity contribution in [2.24, 2.45) is 11.3 Å². The zero-order valence-electron chi connectivity index (χ0n) is 12.9. The number of fused-ring (bicyclic) bond motifs is 1. The third-order valence-corrected chi connectivity index (χ3v) is 3.99. The largest absolute Gasteiger partial charge is 0.481 e. The molecular formula is C17H23NO3. The van der Waals surface area contributed by atoms with Crippen molar-refractivity contribution < 1.29 is 14.7 Å². The molecule has 0 radical (unpaired) electrons. The number of benzene rings is 1. The zero-order chi connectivity index (χ0) is 15.6. The highest BCUT2D eigenvalue weighted by Crippen LogP contribution is 2.32. The first-order chi connectivity index (χ1) is 9.82. The minimum atomic E-state index is -1.05. The summed E-state index contributed by atoms with van der Waals surface area (Å²) in [4.78, 5) is 26.1.